The molecule has 0 bridgehead atoms. The van der Waals surface area contributed by atoms with Crippen LogP contribution in [0.2, 0.25) is 0 Å². The molecule has 0 aromatic heterocycles. The van der Waals surface area contributed by atoms with Gasteiger partial charge in [-0.15, -0.1) is 0 Å². The van der Waals surface area contributed by atoms with E-state index in [9.17, 15) is 0 Å². The highest BCUT2D eigenvalue weighted by Crippen LogP contribution is 2.27. The minimum Gasteiger partial charge on any atom is -0.388 e. The average Bonchev–Trinajstić information content (AvgIpc) is 2.75. The molecule has 1 aliphatic rings. The van der Waals surface area contributed by atoms with Crippen LogP contribution in [0.5, 0.6) is 0 Å². The maximum Gasteiger partial charge on any atom is 0.0332 e. The second-order valence-corrected chi connectivity index (χ2v) is 9.46. The summed E-state index contributed by atoms with van der Waals surface area (Å²) in [6, 6.07) is -0.0136. The van der Waals surface area contributed by atoms with Gasteiger partial charge in [-0.2, -0.15) is 0 Å². The fourth-order valence-corrected chi connectivity index (χ4v) is 3.75. The van der Waals surface area contributed by atoms with Crippen molar-refractivity contribution in [1.82, 2.24) is 5.32 Å². The highest BCUT2D eigenvalue weighted by Gasteiger charge is 2.20. The van der Waals surface area contributed by atoms with Gasteiger partial charge in [0, 0.05) is 24.2 Å². The van der Waals surface area contributed by atoms with Crippen LogP contribution in [0, 0.1) is 11.8 Å². The van der Waals surface area contributed by atoms with E-state index >= 15 is 0 Å². The Hall–Kier alpha value is -2.32. The van der Waals surface area contributed by atoms with E-state index in [1.54, 1.807) is 0 Å². The van der Waals surface area contributed by atoms with Crippen molar-refractivity contribution in [2.75, 3.05) is 6.54 Å². The summed E-state index contributed by atoms with van der Waals surface area (Å²) in [5.74, 6) is 0.863. The van der Waals surface area contributed by atoms with Crippen LogP contribution in [-0.4, -0.2) is 12.6 Å². The van der Waals surface area contributed by atoms with Crippen molar-refractivity contribution in [2.24, 2.45) is 17.6 Å². The Balaban J connectivity index is 2.89. The fourth-order valence-electron chi connectivity index (χ4n) is 3.75. The molecule has 0 amide bonds. The van der Waals surface area contributed by atoms with Crippen LogP contribution in [0.1, 0.15) is 67.7 Å². The smallest absolute Gasteiger partial charge is 0.0332 e. The van der Waals surface area contributed by atoms with Crippen molar-refractivity contribution in [2.45, 2.75) is 73.8 Å². The lowest BCUT2D eigenvalue weighted by Gasteiger charge is -2.25. The predicted octanol–water partition coefficient (Wildman–Crippen LogP) is 7.72. The van der Waals surface area contributed by atoms with Crippen molar-refractivity contribution in [3.63, 3.8) is 0 Å². The van der Waals surface area contributed by atoms with Gasteiger partial charge in [-0.05, 0) is 82.1 Å². The summed E-state index contributed by atoms with van der Waals surface area (Å²) in [6.45, 7) is 24.2. The molecular formula is C30H46N2. The SMILES string of the molecule is C=C/C(=C\C(C)=C/C)C1C=C(CCN/C(C)=C(C)/C(=C\C(=C)C)CCC(C)C)C=CC1N. The lowest BCUT2D eigenvalue weighted by Crippen LogP contribution is -2.30. The molecular weight excluding hydrogens is 388 g/mol. The molecule has 0 saturated carbocycles. The van der Waals surface area contributed by atoms with Gasteiger partial charge in [0.05, 0.1) is 0 Å². The molecule has 0 fully saturated rings. The number of rotatable bonds is 12. The van der Waals surface area contributed by atoms with Crippen LogP contribution in [0.4, 0.5) is 0 Å². The van der Waals surface area contributed by atoms with Crippen molar-refractivity contribution in [1.29, 1.82) is 0 Å². The Bertz CT molecular complexity index is 840. The molecule has 2 atom stereocenters. The molecule has 32 heavy (non-hydrogen) atoms. The summed E-state index contributed by atoms with van der Waals surface area (Å²) in [4.78, 5) is 0. The van der Waals surface area contributed by atoms with Crippen molar-refractivity contribution < 1.29 is 0 Å². The van der Waals surface area contributed by atoms with E-state index in [4.69, 9.17) is 5.73 Å². The van der Waals surface area contributed by atoms with Crippen LogP contribution in [0.15, 0.2) is 94.8 Å². The zero-order valence-electron chi connectivity index (χ0n) is 21.6. The summed E-state index contributed by atoms with van der Waals surface area (Å²) < 4.78 is 0. The number of nitrogens with one attached hydrogen (secondary N) is 1. The Morgan fingerprint density at radius 1 is 1.19 bits per heavy atom. The van der Waals surface area contributed by atoms with E-state index in [2.05, 4.69) is 103 Å². The summed E-state index contributed by atoms with van der Waals surface area (Å²) in [7, 11) is 0. The highest BCUT2D eigenvalue weighted by atomic mass is 14.9. The minimum atomic E-state index is -0.0136. The molecule has 0 aliphatic heterocycles. The third kappa shape index (κ3) is 9.44. The quantitative estimate of drug-likeness (QED) is 0.309. The third-order valence-electron chi connectivity index (χ3n) is 6.07. The van der Waals surface area contributed by atoms with E-state index in [1.165, 1.54) is 40.0 Å². The van der Waals surface area contributed by atoms with Gasteiger partial charge < -0.3 is 11.1 Å². The molecule has 2 heteroatoms. The summed E-state index contributed by atoms with van der Waals surface area (Å²) >= 11 is 0. The summed E-state index contributed by atoms with van der Waals surface area (Å²) in [5, 5.41) is 3.64. The second-order valence-electron chi connectivity index (χ2n) is 9.46. The van der Waals surface area contributed by atoms with Crippen LogP contribution >= 0.6 is 0 Å². The number of nitrogens with two attached hydrogens (primary N) is 1. The standard InChI is InChI=1S/C30H46N2/c1-10-23(7)19-27(11-2)29-20-26(13-15-30(29)31)16-17-32-25(9)24(8)28(18-22(5)6)14-12-21(3)4/h10-11,13,15,18-21,29-30,32H,2,5,12,14,16-17,31H2,1,3-4,6-9H3/b23-10-,25-24+,27-19+,28-18-. The van der Waals surface area contributed by atoms with E-state index in [0.29, 0.717) is 5.92 Å². The summed E-state index contributed by atoms with van der Waals surface area (Å²) in [6.07, 6.45) is 18.3. The lowest BCUT2D eigenvalue weighted by molar-refractivity contribution is 0.585. The number of hydrogen-bond acceptors (Lipinski definition) is 2. The van der Waals surface area contributed by atoms with Crippen LogP contribution < -0.4 is 11.1 Å². The molecule has 1 aliphatic carbocycles. The zero-order valence-corrected chi connectivity index (χ0v) is 21.6. The first-order valence-electron chi connectivity index (χ1n) is 12.0. The van der Waals surface area contributed by atoms with E-state index in [1.807, 2.05) is 6.08 Å². The van der Waals surface area contributed by atoms with E-state index in [-0.39, 0.29) is 12.0 Å². The van der Waals surface area contributed by atoms with Crippen molar-refractivity contribution in [3.05, 3.63) is 94.8 Å². The normalized spacial score (nSPS) is 20.8. The Kier molecular flexibility index (Phi) is 12.1. The molecule has 2 nitrogen and oxygen atoms in total. The molecule has 0 heterocycles. The highest BCUT2D eigenvalue weighted by molar-refractivity contribution is 5.40. The molecule has 0 saturated heterocycles. The first-order chi connectivity index (χ1) is 15.1. The Morgan fingerprint density at radius 3 is 2.44 bits per heavy atom. The Morgan fingerprint density at radius 2 is 1.88 bits per heavy atom. The molecule has 176 valence electrons. The topological polar surface area (TPSA) is 38.0 Å². The van der Waals surface area contributed by atoms with Gasteiger partial charge >= 0.3 is 0 Å². The zero-order chi connectivity index (χ0) is 24.3. The molecule has 0 aromatic carbocycles. The van der Waals surface area contributed by atoms with Crippen LogP contribution in [-0.2, 0) is 0 Å². The monoisotopic (exact) mass is 434 g/mol. The van der Waals surface area contributed by atoms with Crippen molar-refractivity contribution in [3.8, 4) is 0 Å². The molecule has 0 spiro atoms. The lowest BCUT2D eigenvalue weighted by atomic mass is 9.84. The number of allylic oxidation sites excluding steroid dienone is 10. The van der Waals surface area contributed by atoms with Gasteiger partial charge in [-0.3, -0.25) is 0 Å². The number of hydrogen-bond donors (Lipinski definition) is 2. The fraction of sp³-hybridized carbons (Fsp3) is 0.467. The maximum absolute atomic E-state index is 6.40. The largest absolute Gasteiger partial charge is 0.388 e. The molecule has 0 aromatic rings. The van der Waals surface area contributed by atoms with Gasteiger partial charge in [0.1, 0.15) is 0 Å². The Labute approximate surface area is 198 Å². The predicted molar refractivity (Wildman–Crippen MR) is 144 cm³/mol. The van der Waals surface area contributed by atoms with Gasteiger partial charge in [0.2, 0.25) is 0 Å². The van der Waals surface area contributed by atoms with E-state index in [0.717, 1.165) is 25.0 Å². The maximum atomic E-state index is 6.40. The van der Waals surface area contributed by atoms with Gasteiger partial charge in [0.15, 0.2) is 0 Å². The first-order valence-corrected chi connectivity index (χ1v) is 12.0. The molecule has 3 N–H and O–H groups in total. The first kappa shape index (κ1) is 27.7. The van der Waals surface area contributed by atoms with Crippen LogP contribution in [0.25, 0.3) is 0 Å². The minimum absolute atomic E-state index is 0.0136. The molecule has 0 radical (unpaired) electrons. The summed E-state index contributed by atoms with van der Waals surface area (Å²) in [5.41, 5.74) is 15.2. The second kappa shape index (κ2) is 14.0. The van der Waals surface area contributed by atoms with Gasteiger partial charge in [0.25, 0.3) is 0 Å². The third-order valence-corrected chi connectivity index (χ3v) is 6.07. The van der Waals surface area contributed by atoms with Crippen molar-refractivity contribution >= 4 is 0 Å². The van der Waals surface area contributed by atoms with Gasteiger partial charge in [-0.1, -0.05) is 80.7 Å². The molecule has 1 rings (SSSR count). The van der Waals surface area contributed by atoms with E-state index < -0.39 is 0 Å². The van der Waals surface area contributed by atoms with Crippen LogP contribution in [0.3, 0.4) is 0 Å². The average molecular weight is 435 g/mol. The van der Waals surface area contributed by atoms with Gasteiger partial charge in [-0.25, -0.2) is 0 Å². The molecule has 2 unspecified atom stereocenters.